The average molecular weight is 325 g/mol. The van der Waals surface area contributed by atoms with Gasteiger partial charge in [0.25, 0.3) is 0 Å². The number of hydrogen-bond donors (Lipinski definition) is 0. The molecule has 24 heavy (non-hydrogen) atoms. The van der Waals surface area contributed by atoms with Crippen molar-refractivity contribution < 1.29 is 14.2 Å². The summed E-state index contributed by atoms with van der Waals surface area (Å²) in [6, 6.07) is 18.8. The fourth-order valence-corrected chi connectivity index (χ4v) is 2.75. The maximum Gasteiger partial charge on any atom is 0.119 e. The Balaban J connectivity index is 1.62. The largest absolute Gasteiger partial charge is 0.491 e. The number of hydrogen-bond acceptors (Lipinski definition) is 3. The number of benzene rings is 2. The van der Waals surface area contributed by atoms with E-state index in [0.29, 0.717) is 26.4 Å². The second kappa shape index (κ2) is 7.99. The van der Waals surface area contributed by atoms with Gasteiger partial charge in [0.15, 0.2) is 0 Å². The molecule has 1 heterocycles. The molecule has 0 unspecified atom stereocenters. The number of aromatic nitrogens is 1. The van der Waals surface area contributed by atoms with E-state index in [-0.39, 0.29) is 0 Å². The van der Waals surface area contributed by atoms with Crippen LogP contribution < -0.4 is 4.74 Å². The predicted octanol–water partition coefficient (Wildman–Crippen LogP) is 3.89. The minimum Gasteiger partial charge on any atom is -0.491 e. The van der Waals surface area contributed by atoms with Gasteiger partial charge in [-0.1, -0.05) is 18.2 Å². The molecular formula is C20H23NO3. The molecule has 0 saturated heterocycles. The van der Waals surface area contributed by atoms with E-state index in [1.807, 2.05) is 12.1 Å². The first-order valence-electron chi connectivity index (χ1n) is 8.14. The molecule has 0 saturated carbocycles. The van der Waals surface area contributed by atoms with E-state index in [2.05, 4.69) is 54.1 Å². The predicted molar refractivity (Wildman–Crippen MR) is 96.5 cm³/mol. The van der Waals surface area contributed by atoms with E-state index in [1.165, 1.54) is 22.2 Å². The van der Waals surface area contributed by atoms with Gasteiger partial charge in [-0.2, -0.15) is 0 Å². The number of ether oxygens (including phenoxy) is 3. The molecule has 0 atom stereocenters. The Bertz CT molecular complexity index is 777. The van der Waals surface area contributed by atoms with Crippen molar-refractivity contribution in [3.8, 4) is 17.0 Å². The van der Waals surface area contributed by atoms with E-state index in [1.54, 1.807) is 7.11 Å². The van der Waals surface area contributed by atoms with Crippen LogP contribution in [-0.4, -0.2) is 38.1 Å². The molecule has 0 fully saturated rings. The topological polar surface area (TPSA) is 32.6 Å². The Hall–Kier alpha value is -2.30. The molecule has 0 bridgehead atoms. The molecule has 0 radical (unpaired) electrons. The zero-order valence-electron chi connectivity index (χ0n) is 14.2. The molecule has 0 aliphatic rings. The molecule has 4 nitrogen and oxygen atoms in total. The van der Waals surface area contributed by atoms with Crippen LogP contribution in [0, 0.1) is 0 Å². The number of aryl methyl sites for hydroxylation is 1. The third-order valence-electron chi connectivity index (χ3n) is 4.03. The van der Waals surface area contributed by atoms with Crippen molar-refractivity contribution in [2.75, 3.05) is 33.5 Å². The highest BCUT2D eigenvalue weighted by Gasteiger charge is 2.07. The molecule has 0 aliphatic carbocycles. The SMILES string of the molecule is COCCOCCOc1ccc(-c2cc3ccccc3n2C)cc1. The summed E-state index contributed by atoms with van der Waals surface area (Å²) in [5.41, 5.74) is 3.61. The van der Waals surface area contributed by atoms with Crippen molar-refractivity contribution in [2.45, 2.75) is 0 Å². The van der Waals surface area contributed by atoms with Crippen molar-refractivity contribution in [3.05, 3.63) is 54.6 Å². The first-order valence-corrected chi connectivity index (χ1v) is 8.14. The normalized spacial score (nSPS) is 11.1. The number of fused-ring (bicyclic) bond motifs is 1. The van der Waals surface area contributed by atoms with Gasteiger partial charge in [0.2, 0.25) is 0 Å². The van der Waals surface area contributed by atoms with Crippen LogP contribution in [0.4, 0.5) is 0 Å². The Morgan fingerprint density at radius 2 is 1.62 bits per heavy atom. The van der Waals surface area contributed by atoms with Gasteiger partial charge in [-0.05, 0) is 42.0 Å². The molecule has 0 N–H and O–H groups in total. The Morgan fingerprint density at radius 1 is 0.875 bits per heavy atom. The van der Waals surface area contributed by atoms with Gasteiger partial charge in [-0.25, -0.2) is 0 Å². The molecular weight excluding hydrogens is 302 g/mol. The monoisotopic (exact) mass is 325 g/mol. The Morgan fingerprint density at radius 3 is 2.38 bits per heavy atom. The summed E-state index contributed by atoms with van der Waals surface area (Å²) in [7, 11) is 3.76. The number of nitrogens with zero attached hydrogens (tertiary/aromatic N) is 1. The lowest BCUT2D eigenvalue weighted by atomic mass is 10.1. The molecule has 1 aromatic heterocycles. The van der Waals surface area contributed by atoms with Crippen LogP contribution in [0.3, 0.4) is 0 Å². The lowest BCUT2D eigenvalue weighted by Crippen LogP contribution is -2.09. The Labute approximate surface area is 142 Å². The van der Waals surface area contributed by atoms with Gasteiger partial charge >= 0.3 is 0 Å². The van der Waals surface area contributed by atoms with E-state index in [4.69, 9.17) is 14.2 Å². The summed E-state index contributed by atoms with van der Waals surface area (Å²) in [5, 5.41) is 1.25. The van der Waals surface area contributed by atoms with E-state index < -0.39 is 0 Å². The van der Waals surface area contributed by atoms with Gasteiger partial charge < -0.3 is 18.8 Å². The van der Waals surface area contributed by atoms with Crippen molar-refractivity contribution in [1.29, 1.82) is 0 Å². The maximum absolute atomic E-state index is 5.69. The Kier molecular flexibility index (Phi) is 5.51. The van der Waals surface area contributed by atoms with Gasteiger partial charge in [-0.15, -0.1) is 0 Å². The third kappa shape index (κ3) is 3.78. The first-order chi connectivity index (χ1) is 11.8. The van der Waals surface area contributed by atoms with Crippen LogP contribution in [-0.2, 0) is 16.5 Å². The molecule has 2 aromatic carbocycles. The second-order valence-electron chi connectivity index (χ2n) is 5.63. The summed E-state index contributed by atoms with van der Waals surface area (Å²) in [6.45, 7) is 2.31. The van der Waals surface area contributed by atoms with Gasteiger partial charge in [-0.3, -0.25) is 0 Å². The van der Waals surface area contributed by atoms with Crippen molar-refractivity contribution in [3.63, 3.8) is 0 Å². The fourth-order valence-electron chi connectivity index (χ4n) is 2.75. The minimum atomic E-state index is 0.539. The quantitative estimate of drug-likeness (QED) is 0.589. The smallest absolute Gasteiger partial charge is 0.119 e. The number of methoxy groups -OCH3 is 1. The minimum absolute atomic E-state index is 0.539. The number of para-hydroxylation sites is 1. The highest BCUT2D eigenvalue weighted by molar-refractivity contribution is 5.86. The van der Waals surface area contributed by atoms with Crippen LogP contribution in [0.1, 0.15) is 0 Å². The molecule has 126 valence electrons. The van der Waals surface area contributed by atoms with Gasteiger partial charge in [0, 0.05) is 30.8 Å². The summed E-state index contributed by atoms with van der Waals surface area (Å²) in [6.07, 6.45) is 0. The first kappa shape index (κ1) is 16.6. The lowest BCUT2D eigenvalue weighted by Gasteiger charge is -2.09. The van der Waals surface area contributed by atoms with Crippen molar-refractivity contribution in [2.24, 2.45) is 7.05 Å². The van der Waals surface area contributed by atoms with Gasteiger partial charge in [0.1, 0.15) is 12.4 Å². The summed E-state index contributed by atoms with van der Waals surface area (Å²) in [5.74, 6) is 0.854. The van der Waals surface area contributed by atoms with Crippen molar-refractivity contribution >= 4 is 10.9 Å². The van der Waals surface area contributed by atoms with E-state index in [9.17, 15) is 0 Å². The maximum atomic E-state index is 5.69. The lowest BCUT2D eigenvalue weighted by molar-refractivity contribution is 0.0544. The summed E-state index contributed by atoms with van der Waals surface area (Å²) in [4.78, 5) is 0. The highest BCUT2D eigenvalue weighted by atomic mass is 16.5. The van der Waals surface area contributed by atoms with Crippen LogP contribution in [0.5, 0.6) is 5.75 Å². The molecule has 3 aromatic rings. The molecule has 0 aliphatic heterocycles. The van der Waals surface area contributed by atoms with Crippen molar-refractivity contribution in [1.82, 2.24) is 4.57 Å². The van der Waals surface area contributed by atoms with Gasteiger partial charge in [0.05, 0.1) is 19.8 Å². The van der Waals surface area contributed by atoms with Crippen LogP contribution in [0.2, 0.25) is 0 Å². The summed E-state index contributed by atoms with van der Waals surface area (Å²) >= 11 is 0. The zero-order valence-corrected chi connectivity index (χ0v) is 14.2. The highest BCUT2D eigenvalue weighted by Crippen LogP contribution is 2.28. The fraction of sp³-hybridized carbons (Fsp3) is 0.300. The molecule has 0 spiro atoms. The average Bonchev–Trinajstić information content (AvgIpc) is 2.96. The standard InChI is InChI=1S/C20H23NO3/c1-21-19-6-4-3-5-17(19)15-20(21)16-7-9-18(10-8-16)24-14-13-23-12-11-22-2/h3-10,15H,11-14H2,1-2H3. The molecule has 0 amide bonds. The third-order valence-corrected chi connectivity index (χ3v) is 4.03. The molecule has 3 rings (SSSR count). The van der Waals surface area contributed by atoms with Crippen LogP contribution in [0.15, 0.2) is 54.6 Å². The molecule has 4 heteroatoms. The number of rotatable bonds is 8. The summed E-state index contributed by atoms with van der Waals surface area (Å²) < 4.78 is 18.2. The zero-order chi connectivity index (χ0) is 16.8. The van der Waals surface area contributed by atoms with Crippen LogP contribution >= 0.6 is 0 Å². The van der Waals surface area contributed by atoms with Crippen LogP contribution in [0.25, 0.3) is 22.2 Å². The van der Waals surface area contributed by atoms with E-state index >= 15 is 0 Å². The van der Waals surface area contributed by atoms with E-state index in [0.717, 1.165) is 5.75 Å². The second-order valence-corrected chi connectivity index (χ2v) is 5.63.